The average Bonchev–Trinajstić information content (AvgIpc) is 3.46. The van der Waals surface area contributed by atoms with Gasteiger partial charge in [0.1, 0.15) is 13.2 Å². The highest BCUT2D eigenvalue weighted by Crippen LogP contribution is 2.18. The maximum atomic E-state index is 12.9. The van der Waals surface area contributed by atoms with E-state index in [1.54, 1.807) is 0 Å². The molecule has 0 radical (unpaired) electrons. The summed E-state index contributed by atoms with van der Waals surface area (Å²) in [6.07, 6.45) is 89.6. The van der Waals surface area contributed by atoms with Gasteiger partial charge in [0.05, 0.1) is 0 Å². The van der Waals surface area contributed by atoms with Gasteiger partial charge in [0, 0.05) is 19.3 Å². The van der Waals surface area contributed by atoms with E-state index in [0.717, 1.165) is 109 Å². The molecule has 1 unspecified atom stereocenters. The number of hydrogen-bond acceptors (Lipinski definition) is 6. The summed E-state index contributed by atoms with van der Waals surface area (Å²) >= 11 is 0. The maximum absolute atomic E-state index is 12.9. The molecule has 0 aliphatic carbocycles. The maximum Gasteiger partial charge on any atom is 0.306 e. The van der Waals surface area contributed by atoms with Crippen molar-refractivity contribution in [2.24, 2.45) is 0 Å². The van der Waals surface area contributed by atoms with Crippen molar-refractivity contribution in [3.63, 3.8) is 0 Å². The lowest BCUT2D eigenvalue weighted by Gasteiger charge is -2.18. The van der Waals surface area contributed by atoms with Crippen LogP contribution in [0.3, 0.4) is 0 Å². The van der Waals surface area contributed by atoms with Gasteiger partial charge in [-0.15, -0.1) is 0 Å². The second kappa shape index (κ2) is 68.3. The van der Waals surface area contributed by atoms with Crippen LogP contribution < -0.4 is 0 Å². The van der Waals surface area contributed by atoms with Gasteiger partial charge < -0.3 is 14.2 Å². The van der Waals surface area contributed by atoms with Gasteiger partial charge in [0.25, 0.3) is 0 Å². The molecule has 464 valence electrons. The molecule has 80 heavy (non-hydrogen) atoms. The van der Waals surface area contributed by atoms with Crippen molar-refractivity contribution in [1.82, 2.24) is 0 Å². The highest BCUT2D eigenvalue weighted by Gasteiger charge is 2.19. The molecule has 0 bridgehead atoms. The van der Waals surface area contributed by atoms with Gasteiger partial charge in [-0.2, -0.15) is 0 Å². The summed E-state index contributed by atoms with van der Waals surface area (Å²) in [6.45, 7) is 6.43. The van der Waals surface area contributed by atoms with E-state index in [-0.39, 0.29) is 31.1 Å². The number of ether oxygens (including phenoxy) is 3. The zero-order valence-electron chi connectivity index (χ0n) is 53.3. The molecule has 1 atom stereocenters. The van der Waals surface area contributed by atoms with Crippen LogP contribution in [0.2, 0.25) is 0 Å². The number of rotatable bonds is 64. The summed E-state index contributed by atoms with van der Waals surface area (Å²) in [5.41, 5.74) is 0. The van der Waals surface area contributed by atoms with Crippen LogP contribution in [0.1, 0.15) is 361 Å². The van der Waals surface area contributed by atoms with Gasteiger partial charge in [-0.1, -0.05) is 331 Å². The van der Waals surface area contributed by atoms with Crippen molar-refractivity contribution in [1.29, 1.82) is 0 Å². The largest absolute Gasteiger partial charge is 0.462 e. The third-order valence-electron chi connectivity index (χ3n) is 15.5. The zero-order valence-corrected chi connectivity index (χ0v) is 53.3. The second-order valence-corrected chi connectivity index (χ2v) is 23.4. The Balaban J connectivity index is 4.14. The van der Waals surface area contributed by atoms with Crippen molar-refractivity contribution in [3.8, 4) is 0 Å². The Bertz CT molecular complexity index is 1470. The molecule has 0 aromatic heterocycles. The molecule has 0 rings (SSSR count). The van der Waals surface area contributed by atoms with Gasteiger partial charge in [0.15, 0.2) is 6.10 Å². The van der Waals surface area contributed by atoms with Crippen LogP contribution in [-0.4, -0.2) is 37.2 Å². The Morgan fingerprint density at radius 1 is 0.263 bits per heavy atom. The molecular weight excluding hydrogens is 985 g/mol. The quantitative estimate of drug-likeness (QED) is 0.0261. The highest BCUT2D eigenvalue weighted by atomic mass is 16.6. The molecule has 0 amide bonds. The van der Waals surface area contributed by atoms with E-state index < -0.39 is 6.10 Å². The topological polar surface area (TPSA) is 78.9 Å². The number of allylic oxidation sites excluding steroid dienone is 12. The van der Waals surface area contributed by atoms with Gasteiger partial charge in [-0.05, 0) is 83.5 Å². The Kier molecular flexibility index (Phi) is 65.7. The molecule has 0 saturated carbocycles. The van der Waals surface area contributed by atoms with E-state index in [1.807, 2.05) is 0 Å². The monoisotopic (exact) mass is 1120 g/mol. The van der Waals surface area contributed by atoms with E-state index in [4.69, 9.17) is 14.2 Å². The zero-order chi connectivity index (χ0) is 57.8. The van der Waals surface area contributed by atoms with Crippen LogP contribution in [0.4, 0.5) is 0 Å². The lowest BCUT2D eigenvalue weighted by Crippen LogP contribution is -2.30. The van der Waals surface area contributed by atoms with Crippen molar-refractivity contribution in [2.45, 2.75) is 367 Å². The van der Waals surface area contributed by atoms with E-state index >= 15 is 0 Å². The van der Waals surface area contributed by atoms with Crippen molar-refractivity contribution in [3.05, 3.63) is 72.9 Å². The first kappa shape index (κ1) is 76.9. The lowest BCUT2D eigenvalue weighted by atomic mass is 10.0. The van der Waals surface area contributed by atoms with Crippen molar-refractivity contribution < 1.29 is 28.6 Å². The molecule has 0 heterocycles. The number of carbonyl (C=O) groups is 3. The van der Waals surface area contributed by atoms with Crippen molar-refractivity contribution in [2.75, 3.05) is 13.2 Å². The fraction of sp³-hybridized carbons (Fsp3) is 0.797. The second-order valence-electron chi connectivity index (χ2n) is 23.4. The predicted octanol–water partition coefficient (Wildman–Crippen LogP) is 24.1. The normalized spacial score (nSPS) is 12.5. The molecule has 0 aromatic carbocycles. The molecule has 0 N–H and O–H groups in total. The minimum Gasteiger partial charge on any atom is -0.462 e. The van der Waals surface area contributed by atoms with Crippen LogP contribution in [-0.2, 0) is 28.6 Å². The Morgan fingerprint density at radius 3 is 0.775 bits per heavy atom. The first-order valence-electron chi connectivity index (χ1n) is 34.9. The first-order valence-corrected chi connectivity index (χ1v) is 34.9. The van der Waals surface area contributed by atoms with E-state index in [2.05, 4.69) is 93.7 Å². The Labute approximate surface area is 497 Å². The average molecular weight is 1120 g/mol. The predicted molar refractivity (Wildman–Crippen MR) is 348 cm³/mol. The Morgan fingerprint density at radius 2 is 0.487 bits per heavy atom. The number of carbonyl (C=O) groups excluding carboxylic acids is 3. The lowest BCUT2D eigenvalue weighted by molar-refractivity contribution is -0.167. The molecule has 0 saturated heterocycles. The number of unbranched alkanes of at least 4 members (excludes halogenated alkanes) is 41. The van der Waals surface area contributed by atoms with Crippen LogP contribution in [0.25, 0.3) is 0 Å². The molecule has 6 nitrogen and oxygen atoms in total. The summed E-state index contributed by atoms with van der Waals surface area (Å²) in [4.78, 5) is 38.3. The molecule has 0 fully saturated rings. The summed E-state index contributed by atoms with van der Waals surface area (Å²) in [5.74, 6) is -0.911. The third-order valence-corrected chi connectivity index (χ3v) is 15.5. The van der Waals surface area contributed by atoms with E-state index in [0.29, 0.717) is 19.3 Å². The van der Waals surface area contributed by atoms with Gasteiger partial charge in [-0.25, -0.2) is 0 Å². The first-order chi connectivity index (χ1) is 39.5. The summed E-state index contributed by atoms with van der Waals surface area (Å²) in [6, 6.07) is 0. The van der Waals surface area contributed by atoms with Crippen LogP contribution in [0, 0.1) is 0 Å². The van der Waals surface area contributed by atoms with Crippen LogP contribution >= 0.6 is 0 Å². The fourth-order valence-electron chi connectivity index (χ4n) is 10.3. The van der Waals surface area contributed by atoms with Gasteiger partial charge in [-0.3, -0.25) is 14.4 Å². The molecule has 6 heteroatoms. The summed E-state index contributed by atoms with van der Waals surface area (Å²) in [7, 11) is 0. The van der Waals surface area contributed by atoms with Crippen LogP contribution in [0.5, 0.6) is 0 Å². The Hall–Kier alpha value is -3.15. The molecule has 0 spiro atoms. The molecule has 0 aromatic rings. The van der Waals surface area contributed by atoms with Gasteiger partial charge >= 0.3 is 17.9 Å². The SMILES string of the molecule is CC/C=C\C/C=C\C/C=C\CCCCCCCCCC(=O)OC(COC(=O)CCCCC/C=C\C/C=C\C/C=C\CC)COC(=O)CCCCCCCCCCCCCCCCCCCCCCCCCCCCCCCCCC. The molecule has 0 aliphatic heterocycles. The van der Waals surface area contributed by atoms with Crippen molar-refractivity contribution >= 4 is 17.9 Å². The highest BCUT2D eigenvalue weighted by molar-refractivity contribution is 5.71. The molecule has 0 aliphatic rings. The third kappa shape index (κ3) is 65.7. The smallest absolute Gasteiger partial charge is 0.306 e. The van der Waals surface area contributed by atoms with E-state index in [1.165, 1.54) is 212 Å². The summed E-state index contributed by atoms with van der Waals surface area (Å²) < 4.78 is 16.9. The number of hydrogen-bond donors (Lipinski definition) is 0. The summed E-state index contributed by atoms with van der Waals surface area (Å²) in [5, 5.41) is 0. The minimum atomic E-state index is -0.793. The van der Waals surface area contributed by atoms with Crippen LogP contribution in [0.15, 0.2) is 72.9 Å². The standard InChI is InChI=1S/C74H132O6/c1-4-7-10-13-16-19-22-25-27-29-30-31-32-33-34-35-36-37-38-39-40-41-42-43-45-46-49-52-55-58-61-64-67-73(76)79-70-71(69-78-72(75)66-63-60-57-54-51-48-24-21-18-15-12-9-6-3)80-74(77)68-65-62-59-56-53-50-47-44-28-26-23-20-17-14-11-8-5-2/h8-9,11-12,17-18,20-21,26,28,48,51,71H,4-7,10,13-16,19,22-25,27,29-47,49-50,52-70H2,1-3H3/b11-8-,12-9-,20-17-,21-18-,28-26-,51-48-. The minimum absolute atomic E-state index is 0.0863. The van der Waals surface area contributed by atoms with E-state index in [9.17, 15) is 14.4 Å². The molecular formula is C74H132O6. The number of esters is 3. The van der Waals surface area contributed by atoms with Gasteiger partial charge in [0.2, 0.25) is 0 Å². The fourth-order valence-corrected chi connectivity index (χ4v) is 10.3.